The van der Waals surface area contributed by atoms with Crippen LogP contribution in [-0.2, 0) is 11.3 Å². The number of hydrogen-bond donors (Lipinski definition) is 3. The quantitative estimate of drug-likeness (QED) is 0.491. The number of alkyl carbamates (subject to hydrolysis) is 1. The van der Waals surface area contributed by atoms with Crippen LogP contribution in [0, 0.1) is 11.3 Å². The van der Waals surface area contributed by atoms with Crippen LogP contribution in [0.4, 0.5) is 10.6 Å². The molecule has 11 heteroatoms. The van der Waals surface area contributed by atoms with Gasteiger partial charge in [-0.2, -0.15) is 5.26 Å². The Labute approximate surface area is 208 Å². The van der Waals surface area contributed by atoms with Gasteiger partial charge in [-0.1, -0.05) is 6.07 Å². The third kappa shape index (κ3) is 5.78. The summed E-state index contributed by atoms with van der Waals surface area (Å²) in [6.45, 7) is 6.89. The second-order valence-electron chi connectivity index (χ2n) is 9.48. The van der Waals surface area contributed by atoms with E-state index in [-0.39, 0.29) is 29.7 Å². The molecule has 11 nitrogen and oxygen atoms in total. The number of rotatable bonds is 5. The van der Waals surface area contributed by atoms with Crippen LogP contribution in [0.3, 0.4) is 0 Å². The van der Waals surface area contributed by atoms with Gasteiger partial charge in [0, 0.05) is 31.2 Å². The maximum atomic E-state index is 12.6. The standard InChI is InChI=1S/C25H27N7O4/c1-25(2,3)36-24(35)30-17-8-9-32(14-17)20-7-6-18-19(31-20)13-28-21(22(18)33)23(34)29-12-15-4-5-16(10-26)27-11-15/h4-7,11,13,17,33H,8-9,12,14H2,1-3H3,(H,29,34)(H,30,35)/t17-/m1/s1. The van der Waals surface area contributed by atoms with Gasteiger partial charge in [0.1, 0.15) is 23.2 Å². The molecule has 0 spiro atoms. The first-order chi connectivity index (χ1) is 17.1. The summed E-state index contributed by atoms with van der Waals surface area (Å²) in [5, 5.41) is 25.5. The smallest absolute Gasteiger partial charge is 0.407 e. The van der Waals surface area contributed by atoms with Crippen LogP contribution in [0.1, 0.15) is 48.9 Å². The second-order valence-corrected chi connectivity index (χ2v) is 9.48. The maximum Gasteiger partial charge on any atom is 0.407 e. The Balaban J connectivity index is 1.41. The lowest BCUT2D eigenvalue weighted by molar-refractivity contribution is 0.0508. The van der Waals surface area contributed by atoms with Crippen LogP contribution in [0.5, 0.6) is 5.75 Å². The molecular weight excluding hydrogens is 462 g/mol. The van der Waals surface area contributed by atoms with E-state index in [9.17, 15) is 14.7 Å². The van der Waals surface area contributed by atoms with Crippen molar-refractivity contribution >= 4 is 28.7 Å². The van der Waals surface area contributed by atoms with Crippen molar-refractivity contribution in [1.82, 2.24) is 25.6 Å². The summed E-state index contributed by atoms with van der Waals surface area (Å²) < 4.78 is 5.33. The second kappa shape index (κ2) is 10.0. The zero-order valence-electron chi connectivity index (χ0n) is 20.3. The van der Waals surface area contributed by atoms with Crippen molar-refractivity contribution in [1.29, 1.82) is 5.26 Å². The molecule has 3 aromatic rings. The summed E-state index contributed by atoms with van der Waals surface area (Å²) in [4.78, 5) is 39.4. The molecule has 0 saturated carbocycles. The first-order valence-corrected chi connectivity index (χ1v) is 11.5. The van der Waals surface area contributed by atoms with Gasteiger partial charge in [-0.05, 0) is 51.0 Å². The van der Waals surface area contributed by atoms with Gasteiger partial charge < -0.3 is 25.4 Å². The molecule has 1 aliphatic heterocycles. The number of aromatic nitrogens is 3. The highest BCUT2D eigenvalue weighted by atomic mass is 16.6. The number of carbonyl (C=O) groups excluding carboxylic acids is 2. The molecule has 1 fully saturated rings. The highest BCUT2D eigenvalue weighted by Crippen LogP contribution is 2.29. The van der Waals surface area contributed by atoms with Crippen molar-refractivity contribution in [2.45, 2.75) is 45.4 Å². The number of hydrogen-bond acceptors (Lipinski definition) is 9. The van der Waals surface area contributed by atoms with E-state index in [0.29, 0.717) is 35.4 Å². The fourth-order valence-electron chi connectivity index (χ4n) is 3.84. The Bertz CT molecular complexity index is 1330. The van der Waals surface area contributed by atoms with E-state index in [1.165, 1.54) is 12.4 Å². The minimum atomic E-state index is -0.562. The molecule has 3 aromatic heterocycles. The topological polar surface area (TPSA) is 153 Å². The summed E-state index contributed by atoms with van der Waals surface area (Å²) in [7, 11) is 0. The minimum absolute atomic E-state index is 0.0683. The largest absolute Gasteiger partial charge is 0.505 e. The Kier molecular flexibility index (Phi) is 6.87. The Morgan fingerprint density at radius 2 is 2.03 bits per heavy atom. The molecule has 4 rings (SSSR count). The number of fused-ring (bicyclic) bond motifs is 1. The van der Waals surface area contributed by atoms with Gasteiger partial charge in [0.15, 0.2) is 11.4 Å². The Morgan fingerprint density at radius 3 is 2.72 bits per heavy atom. The molecular formula is C25H27N7O4. The predicted octanol–water partition coefficient (Wildman–Crippen LogP) is 2.64. The molecule has 0 aromatic carbocycles. The molecule has 0 aliphatic carbocycles. The van der Waals surface area contributed by atoms with Gasteiger partial charge in [-0.3, -0.25) is 4.79 Å². The average Bonchev–Trinajstić information content (AvgIpc) is 3.30. The molecule has 4 heterocycles. The van der Waals surface area contributed by atoms with Crippen LogP contribution >= 0.6 is 0 Å². The van der Waals surface area contributed by atoms with E-state index in [0.717, 1.165) is 6.42 Å². The molecule has 1 saturated heterocycles. The summed E-state index contributed by atoms with van der Waals surface area (Å²) in [6.07, 6.45) is 3.25. The normalized spacial score (nSPS) is 15.4. The van der Waals surface area contributed by atoms with E-state index in [2.05, 4.69) is 25.6 Å². The number of nitriles is 1. The zero-order chi connectivity index (χ0) is 25.9. The Hall–Kier alpha value is -4.46. The third-order valence-electron chi connectivity index (χ3n) is 5.55. The van der Waals surface area contributed by atoms with Crippen molar-refractivity contribution in [2.75, 3.05) is 18.0 Å². The number of pyridine rings is 3. The molecule has 0 radical (unpaired) electrons. The molecule has 186 valence electrons. The van der Waals surface area contributed by atoms with Crippen LogP contribution < -0.4 is 15.5 Å². The van der Waals surface area contributed by atoms with E-state index in [1.807, 2.05) is 31.7 Å². The summed E-state index contributed by atoms with van der Waals surface area (Å²) >= 11 is 0. The maximum absolute atomic E-state index is 12.6. The SMILES string of the molecule is CC(C)(C)OC(=O)N[C@@H]1CCN(c2ccc3c(O)c(C(=O)NCc4ccc(C#N)nc4)ncc3n2)C1. The lowest BCUT2D eigenvalue weighted by Gasteiger charge is -2.22. The van der Waals surface area contributed by atoms with Gasteiger partial charge >= 0.3 is 6.09 Å². The van der Waals surface area contributed by atoms with E-state index in [1.54, 1.807) is 24.3 Å². The van der Waals surface area contributed by atoms with Crippen molar-refractivity contribution in [3.8, 4) is 11.8 Å². The number of nitrogens with zero attached hydrogens (tertiary/aromatic N) is 5. The number of ether oxygens (including phenoxy) is 1. The van der Waals surface area contributed by atoms with Gasteiger partial charge in [-0.15, -0.1) is 0 Å². The molecule has 1 aliphatic rings. The van der Waals surface area contributed by atoms with Gasteiger partial charge in [0.2, 0.25) is 0 Å². The minimum Gasteiger partial charge on any atom is -0.505 e. The lowest BCUT2D eigenvalue weighted by Crippen LogP contribution is -2.40. The average molecular weight is 490 g/mol. The fourth-order valence-corrected chi connectivity index (χ4v) is 3.84. The Morgan fingerprint density at radius 1 is 1.22 bits per heavy atom. The summed E-state index contributed by atoms with van der Waals surface area (Å²) in [5.41, 5.74) is 0.768. The van der Waals surface area contributed by atoms with Gasteiger partial charge in [-0.25, -0.2) is 19.7 Å². The predicted molar refractivity (Wildman–Crippen MR) is 131 cm³/mol. The van der Waals surface area contributed by atoms with Crippen LogP contribution in [0.15, 0.2) is 36.7 Å². The van der Waals surface area contributed by atoms with Crippen LogP contribution in [0.25, 0.3) is 10.9 Å². The van der Waals surface area contributed by atoms with E-state index in [4.69, 9.17) is 10.00 Å². The van der Waals surface area contributed by atoms with Gasteiger partial charge in [0.25, 0.3) is 5.91 Å². The van der Waals surface area contributed by atoms with Crippen molar-refractivity contribution in [2.24, 2.45) is 0 Å². The number of anilines is 1. The third-order valence-corrected chi connectivity index (χ3v) is 5.55. The van der Waals surface area contributed by atoms with E-state index >= 15 is 0 Å². The van der Waals surface area contributed by atoms with Crippen LogP contribution in [0.2, 0.25) is 0 Å². The highest BCUT2D eigenvalue weighted by Gasteiger charge is 2.27. The number of amides is 2. The molecule has 1 atom stereocenters. The fraction of sp³-hybridized carbons (Fsp3) is 0.360. The summed E-state index contributed by atoms with van der Waals surface area (Å²) in [6, 6.07) is 8.59. The molecule has 0 unspecified atom stereocenters. The highest BCUT2D eigenvalue weighted by molar-refractivity contribution is 6.00. The first-order valence-electron chi connectivity index (χ1n) is 11.5. The number of nitrogens with one attached hydrogen (secondary N) is 2. The van der Waals surface area contributed by atoms with Crippen molar-refractivity contribution < 1.29 is 19.4 Å². The number of aromatic hydroxyl groups is 1. The van der Waals surface area contributed by atoms with Gasteiger partial charge in [0.05, 0.1) is 17.8 Å². The molecule has 2 amide bonds. The number of carbonyl (C=O) groups is 2. The van der Waals surface area contributed by atoms with Crippen LogP contribution in [-0.4, -0.2) is 56.8 Å². The molecule has 36 heavy (non-hydrogen) atoms. The molecule has 3 N–H and O–H groups in total. The van der Waals surface area contributed by atoms with E-state index < -0.39 is 17.6 Å². The van der Waals surface area contributed by atoms with Crippen molar-refractivity contribution in [3.63, 3.8) is 0 Å². The lowest BCUT2D eigenvalue weighted by atomic mass is 10.2. The van der Waals surface area contributed by atoms with Crippen molar-refractivity contribution in [3.05, 3.63) is 53.6 Å². The first kappa shape index (κ1) is 24.7. The molecule has 0 bridgehead atoms. The monoisotopic (exact) mass is 489 g/mol. The summed E-state index contributed by atoms with van der Waals surface area (Å²) in [5.74, 6) is -0.117. The zero-order valence-corrected chi connectivity index (χ0v) is 20.3.